The molecule has 0 aromatic heterocycles. The molecule has 7 nitrogen and oxygen atoms in total. The maximum absolute atomic E-state index is 12.6. The highest BCUT2D eigenvalue weighted by Crippen LogP contribution is 2.21. The Kier molecular flexibility index (Phi) is 7.80. The Labute approximate surface area is 179 Å². The maximum Gasteiger partial charge on any atom is 0.253 e. The minimum atomic E-state index is -3.68. The van der Waals surface area contributed by atoms with Crippen LogP contribution in [0.4, 0.5) is 11.4 Å². The number of sulfonamides is 1. The van der Waals surface area contributed by atoms with Crippen LogP contribution in [0.2, 0.25) is 0 Å². The van der Waals surface area contributed by atoms with Gasteiger partial charge in [-0.2, -0.15) is 0 Å². The molecule has 29 heavy (non-hydrogen) atoms. The van der Waals surface area contributed by atoms with Gasteiger partial charge in [-0.3, -0.25) is 13.9 Å². The first-order valence-electron chi connectivity index (χ1n) is 8.98. The summed E-state index contributed by atoms with van der Waals surface area (Å²) in [5, 5.41) is 5.45. The van der Waals surface area contributed by atoms with Crippen molar-refractivity contribution in [1.82, 2.24) is 5.32 Å². The first-order valence-corrected chi connectivity index (χ1v) is 11.6. The second-order valence-corrected chi connectivity index (χ2v) is 9.77. The quantitative estimate of drug-likeness (QED) is 0.604. The number of benzene rings is 2. The van der Waals surface area contributed by atoms with Crippen LogP contribution in [0.25, 0.3) is 0 Å². The number of hydrogen-bond acceptors (Lipinski definition) is 4. The lowest BCUT2D eigenvalue weighted by molar-refractivity contribution is -0.114. The van der Waals surface area contributed by atoms with Gasteiger partial charge in [0.25, 0.3) is 5.91 Å². The molecule has 2 rings (SSSR count). The number of nitrogens with zero attached hydrogens (tertiary/aromatic N) is 1. The molecule has 0 saturated carbocycles. The molecule has 0 aliphatic heterocycles. The lowest BCUT2D eigenvalue weighted by atomic mass is 10.1. The zero-order valence-electron chi connectivity index (χ0n) is 16.5. The molecular formula is C20H24BrN3O4S. The van der Waals surface area contributed by atoms with E-state index >= 15 is 0 Å². The standard InChI is InChI=1S/C20H24BrN3O4S/c1-14(2)12-22-20(26)17-6-4-5-7-18(17)23-19(25)13-24(29(3,27)28)16-10-8-15(21)9-11-16/h4-11,14H,12-13H2,1-3H3,(H,22,26)(H,23,25). The average molecular weight is 482 g/mol. The fourth-order valence-corrected chi connectivity index (χ4v) is 3.63. The highest BCUT2D eigenvalue weighted by atomic mass is 79.9. The number of halogens is 1. The van der Waals surface area contributed by atoms with Gasteiger partial charge in [0.05, 0.1) is 23.2 Å². The normalized spacial score (nSPS) is 11.2. The summed E-state index contributed by atoms with van der Waals surface area (Å²) in [5.74, 6) is -0.570. The van der Waals surface area contributed by atoms with Crippen molar-refractivity contribution in [3.8, 4) is 0 Å². The topological polar surface area (TPSA) is 95.6 Å². The van der Waals surface area contributed by atoms with Crippen LogP contribution in [0.3, 0.4) is 0 Å². The predicted octanol–water partition coefficient (Wildman–Crippen LogP) is 3.24. The Morgan fingerprint density at radius 2 is 1.69 bits per heavy atom. The minimum absolute atomic E-state index is 0.287. The van der Waals surface area contributed by atoms with Crippen LogP contribution >= 0.6 is 15.9 Å². The van der Waals surface area contributed by atoms with Gasteiger partial charge in [0, 0.05) is 11.0 Å². The molecule has 0 heterocycles. The molecule has 0 spiro atoms. The third kappa shape index (κ3) is 6.86. The van der Waals surface area contributed by atoms with Crippen LogP contribution in [-0.2, 0) is 14.8 Å². The molecule has 0 aliphatic carbocycles. The second kappa shape index (κ2) is 9.89. The summed E-state index contributed by atoms with van der Waals surface area (Å²) in [4.78, 5) is 25.0. The molecule has 0 unspecified atom stereocenters. The number of carbonyl (C=O) groups excluding carboxylic acids is 2. The number of amides is 2. The van der Waals surface area contributed by atoms with Crippen molar-refractivity contribution >= 4 is 49.1 Å². The molecule has 2 aromatic rings. The maximum atomic E-state index is 12.6. The summed E-state index contributed by atoms with van der Waals surface area (Å²) in [6.07, 6.45) is 1.04. The van der Waals surface area contributed by atoms with Gasteiger partial charge in [0.2, 0.25) is 15.9 Å². The van der Waals surface area contributed by atoms with E-state index in [4.69, 9.17) is 0 Å². The van der Waals surface area contributed by atoms with Crippen molar-refractivity contribution in [2.75, 3.05) is 29.0 Å². The average Bonchev–Trinajstić information content (AvgIpc) is 2.64. The number of rotatable bonds is 8. The van der Waals surface area contributed by atoms with Crippen LogP contribution < -0.4 is 14.9 Å². The summed E-state index contributed by atoms with van der Waals surface area (Å²) in [6, 6.07) is 13.2. The fourth-order valence-electron chi connectivity index (χ4n) is 2.51. The first kappa shape index (κ1) is 22.9. The van der Waals surface area contributed by atoms with Crippen molar-refractivity contribution in [2.45, 2.75) is 13.8 Å². The molecule has 156 valence electrons. The monoisotopic (exact) mass is 481 g/mol. The number of nitrogens with one attached hydrogen (secondary N) is 2. The van der Waals surface area contributed by atoms with Crippen LogP contribution in [0.15, 0.2) is 53.0 Å². The Balaban J connectivity index is 2.19. The fraction of sp³-hybridized carbons (Fsp3) is 0.300. The van der Waals surface area contributed by atoms with Crippen molar-refractivity contribution < 1.29 is 18.0 Å². The van der Waals surface area contributed by atoms with Crippen molar-refractivity contribution in [1.29, 1.82) is 0 Å². The molecule has 9 heteroatoms. The van der Waals surface area contributed by atoms with Gasteiger partial charge in [-0.15, -0.1) is 0 Å². The van der Waals surface area contributed by atoms with E-state index in [9.17, 15) is 18.0 Å². The van der Waals surface area contributed by atoms with E-state index in [1.54, 1.807) is 48.5 Å². The molecule has 0 fully saturated rings. The lowest BCUT2D eigenvalue weighted by Gasteiger charge is -2.22. The smallest absolute Gasteiger partial charge is 0.253 e. The molecule has 0 aliphatic rings. The zero-order valence-corrected chi connectivity index (χ0v) is 18.9. The Bertz CT molecular complexity index is 975. The zero-order chi connectivity index (χ0) is 21.6. The molecule has 0 radical (unpaired) electrons. The van der Waals surface area contributed by atoms with Crippen LogP contribution in [0.1, 0.15) is 24.2 Å². The van der Waals surface area contributed by atoms with Crippen LogP contribution in [-0.4, -0.2) is 39.6 Å². The number of para-hydroxylation sites is 1. The molecule has 2 aromatic carbocycles. The molecule has 0 saturated heterocycles. The van der Waals surface area contributed by atoms with Crippen molar-refractivity contribution in [2.24, 2.45) is 5.92 Å². The summed E-state index contributed by atoms with van der Waals surface area (Å²) in [6.45, 7) is 4.06. The minimum Gasteiger partial charge on any atom is -0.352 e. The number of hydrogen-bond donors (Lipinski definition) is 2. The summed E-state index contributed by atoms with van der Waals surface area (Å²) in [7, 11) is -3.68. The van der Waals surface area contributed by atoms with Gasteiger partial charge in [-0.1, -0.05) is 41.9 Å². The molecular weight excluding hydrogens is 458 g/mol. The molecule has 0 atom stereocenters. The first-order chi connectivity index (χ1) is 13.6. The third-order valence-electron chi connectivity index (χ3n) is 3.92. The Morgan fingerprint density at radius 1 is 1.07 bits per heavy atom. The summed E-state index contributed by atoms with van der Waals surface area (Å²) < 4.78 is 26.2. The van der Waals surface area contributed by atoms with E-state index in [0.717, 1.165) is 15.0 Å². The van der Waals surface area contributed by atoms with Crippen molar-refractivity contribution in [3.63, 3.8) is 0 Å². The molecule has 0 bridgehead atoms. The number of anilines is 2. The Morgan fingerprint density at radius 3 is 2.28 bits per heavy atom. The number of carbonyl (C=O) groups is 2. The third-order valence-corrected chi connectivity index (χ3v) is 5.59. The van der Waals surface area contributed by atoms with Gasteiger partial charge in [0.15, 0.2) is 0 Å². The van der Waals surface area contributed by atoms with Gasteiger partial charge >= 0.3 is 0 Å². The van der Waals surface area contributed by atoms with Gasteiger partial charge in [-0.05, 0) is 42.3 Å². The second-order valence-electron chi connectivity index (χ2n) is 6.94. The summed E-state index contributed by atoms with van der Waals surface area (Å²) >= 11 is 3.30. The molecule has 2 N–H and O–H groups in total. The molecule has 2 amide bonds. The summed E-state index contributed by atoms with van der Waals surface area (Å²) in [5.41, 5.74) is 1.01. The van der Waals surface area contributed by atoms with Gasteiger partial charge in [-0.25, -0.2) is 8.42 Å². The van der Waals surface area contributed by atoms with E-state index in [1.165, 1.54) is 0 Å². The lowest BCUT2D eigenvalue weighted by Crippen LogP contribution is -2.37. The van der Waals surface area contributed by atoms with Crippen LogP contribution in [0, 0.1) is 5.92 Å². The predicted molar refractivity (Wildman–Crippen MR) is 119 cm³/mol. The van der Waals surface area contributed by atoms with Gasteiger partial charge < -0.3 is 10.6 Å². The van der Waals surface area contributed by atoms with E-state index < -0.39 is 22.5 Å². The van der Waals surface area contributed by atoms with E-state index in [2.05, 4.69) is 26.6 Å². The van der Waals surface area contributed by atoms with E-state index in [1.807, 2.05) is 13.8 Å². The van der Waals surface area contributed by atoms with Crippen LogP contribution in [0.5, 0.6) is 0 Å². The van der Waals surface area contributed by atoms with Gasteiger partial charge in [0.1, 0.15) is 6.54 Å². The SMILES string of the molecule is CC(C)CNC(=O)c1ccccc1NC(=O)CN(c1ccc(Br)cc1)S(C)(=O)=O. The largest absolute Gasteiger partial charge is 0.352 e. The highest BCUT2D eigenvalue weighted by molar-refractivity contribution is 9.10. The van der Waals surface area contributed by atoms with E-state index in [-0.39, 0.29) is 11.8 Å². The highest BCUT2D eigenvalue weighted by Gasteiger charge is 2.22. The van der Waals surface area contributed by atoms with Crippen molar-refractivity contribution in [3.05, 3.63) is 58.6 Å². The van der Waals surface area contributed by atoms with E-state index in [0.29, 0.717) is 23.5 Å². The Hall–Kier alpha value is -2.39.